The molecular weight excluding hydrogens is 546 g/mol. The van der Waals surface area contributed by atoms with E-state index in [-0.39, 0.29) is 29.8 Å². The van der Waals surface area contributed by atoms with Crippen LogP contribution in [0.4, 0.5) is 5.69 Å². The summed E-state index contributed by atoms with van der Waals surface area (Å²) in [6.45, 7) is 5.36. The van der Waals surface area contributed by atoms with Gasteiger partial charge in [-0.3, -0.25) is 13.9 Å². The summed E-state index contributed by atoms with van der Waals surface area (Å²) in [4.78, 5) is 29.6. The summed E-state index contributed by atoms with van der Waals surface area (Å²) in [5, 5.41) is 2.97. The molecule has 0 aliphatic heterocycles. The van der Waals surface area contributed by atoms with E-state index in [0.717, 1.165) is 21.0 Å². The van der Waals surface area contributed by atoms with Gasteiger partial charge < -0.3 is 10.2 Å². The molecule has 0 aliphatic rings. The Morgan fingerprint density at radius 1 is 0.762 bits per heavy atom. The molecule has 0 saturated heterocycles. The zero-order valence-electron chi connectivity index (χ0n) is 24.2. The number of amides is 2. The quantitative estimate of drug-likeness (QED) is 0.244. The summed E-state index contributed by atoms with van der Waals surface area (Å²) in [6, 6.07) is 32.8. The van der Waals surface area contributed by atoms with E-state index in [1.807, 2.05) is 75.4 Å². The van der Waals surface area contributed by atoms with E-state index < -0.39 is 28.5 Å². The Labute approximate surface area is 248 Å². The first-order valence-corrected chi connectivity index (χ1v) is 15.4. The number of aryl methyl sites for hydroxylation is 1. The van der Waals surface area contributed by atoms with Crippen LogP contribution in [0.25, 0.3) is 0 Å². The van der Waals surface area contributed by atoms with E-state index in [2.05, 4.69) is 5.32 Å². The van der Waals surface area contributed by atoms with Crippen LogP contribution in [0.5, 0.6) is 0 Å². The lowest BCUT2D eigenvalue weighted by Crippen LogP contribution is -2.54. The third kappa shape index (κ3) is 7.85. The van der Waals surface area contributed by atoms with Gasteiger partial charge in [-0.15, -0.1) is 0 Å². The minimum Gasteiger partial charge on any atom is -0.352 e. The van der Waals surface area contributed by atoms with Gasteiger partial charge in [0.2, 0.25) is 11.8 Å². The van der Waals surface area contributed by atoms with Crippen LogP contribution in [0, 0.1) is 6.92 Å². The fourth-order valence-corrected chi connectivity index (χ4v) is 6.22. The number of carbonyl (C=O) groups excluding carboxylic acids is 2. The number of sulfonamides is 1. The monoisotopic (exact) mass is 583 g/mol. The maximum atomic E-state index is 14.4. The van der Waals surface area contributed by atoms with Gasteiger partial charge in [-0.05, 0) is 56.2 Å². The topological polar surface area (TPSA) is 86.8 Å². The van der Waals surface area contributed by atoms with Crippen LogP contribution >= 0.6 is 0 Å². The van der Waals surface area contributed by atoms with Gasteiger partial charge in [0, 0.05) is 19.0 Å². The maximum Gasteiger partial charge on any atom is 0.264 e. The molecular formula is C34H37N3O4S. The Hall–Kier alpha value is -4.43. The Morgan fingerprint density at radius 2 is 1.33 bits per heavy atom. The number of para-hydroxylation sites is 1. The minimum atomic E-state index is -4.10. The second-order valence-corrected chi connectivity index (χ2v) is 12.4. The van der Waals surface area contributed by atoms with E-state index in [9.17, 15) is 18.0 Å². The number of anilines is 1. The summed E-state index contributed by atoms with van der Waals surface area (Å²) in [6.07, 6.45) is 0.272. The molecule has 0 radical (unpaired) electrons. The molecule has 0 bridgehead atoms. The van der Waals surface area contributed by atoms with Crippen molar-refractivity contribution in [3.05, 3.63) is 132 Å². The fraction of sp³-hybridized carbons (Fsp3) is 0.235. The number of carbonyl (C=O) groups is 2. The fourth-order valence-electron chi connectivity index (χ4n) is 4.78. The normalized spacial score (nSPS) is 12.0. The van der Waals surface area contributed by atoms with Crippen molar-refractivity contribution in [1.82, 2.24) is 10.2 Å². The first-order chi connectivity index (χ1) is 20.1. The number of hydrogen-bond acceptors (Lipinski definition) is 4. The van der Waals surface area contributed by atoms with Gasteiger partial charge in [-0.1, -0.05) is 96.6 Å². The highest BCUT2D eigenvalue weighted by Crippen LogP contribution is 2.25. The minimum absolute atomic E-state index is 0.0743. The van der Waals surface area contributed by atoms with Crippen molar-refractivity contribution in [2.45, 2.75) is 50.7 Å². The summed E-state index contributed by atoms with van der Waals surface area (Å²) in [5.41, 5.74) is 3.11. The molecule has 0 saturated carbocycles. The third-order valence-corrected chi connectivity index (χ3v) is 8.58. The Morgan fingerprint density at radius 3 is 1.93 bits per heavy atom. The van der Waals surface area contributed by atoms with E-state index in [4.69, 9.17) is 0 Å². The highest BCUT2D eigenvalue weighted by molar-refractivity contribution is 7.92. The summed E-state index contributed by atoms with van der Waals surface area (Å²) in [7, 11) is -4.10. The summed E-state index contributed by atoms with van der Waals surface area (Å²) < 4.78 is 28.9. The number of nitrogens with one attached hydrogen (secondary N) is 1. The molecule has 0 fully saturated rings. The summed E-state index contributed by atoms with van der Waals surface area (Å²) >= 11 is 0. The lowest BCUT2D eigenvalue weighted by Gasteiger charge is -2.34. The van der Waals surface area contributed by atoms with Crippen LogP contribution in [0.3, 0.4) is 0 Å². The van der Waals surface area contributed by atoms with Crippen molar-refractivity contribution in [2.24, 2.45) is 0 Å². The standard InChI is InChI=1S/C34H37N3O4S/c1-26(2)35-34(39)32(23-28-15-7-4-8-16-28)36(24-29-17-13-14-27(3)22-29)33(38)25-37(30-18-9-5-10-19-30)42(40,41)31-20-11-6-12-21-31/h4-22,26,32H,23-25H2,1-3H3,(H,35,39)/t32-/m1/s1. The van der Waals surface area contributed by atoms with Crippen molar-refractivity contribution in [3.8, 4) is 0 Å². The number of nitrogens with zero attached hydrogens (tertiary/aromatic N) is 2. The predicted molar refractivity (Wildman–Crippen MR) is 166 cm³/mol. The van der Waals surface area contributed by atoms with Crippen LogP contribution < -0.4 is 9.62 Å². The van der Waals surface area contributed by atoms with Gasteiger partial charge in [0.1, 0.15) is 12.6 Å². The Kier molecular flexibility index (Phi) is 10.1. The van der Waals surface area contributed by atoms with Crippen molar-refractivity contribution < 1.29 is 18.0 Å². The van der Waals surface area contributed by atoms with Crippen molar-refractivity contribution in [3.63, 3.8) is 0 Å². The second kappa shape index (κ2) is 14.0. The largest absolute Gasteiger partial charge is 0.352 e. The maximum absolute atomic E-state index is 14.4. The molecule has 4 aromatic carbocycles. The molecule has 0 aromatic heterocycles. The van der Waals surface area contributed by atoms with Gasteiger partial charge in [0.25, 0.3) is 10.0 Å². The van der Waals surface area contributed by atoms with Crippen LogP contribution in [0.15, 0.2) is 120 Å². The molecule has 8 heteroatoms. The van der Waals surface area contributed by atoms with Gasteiger partial charge in [0.15, 0.2) is 0 Å². The first-order valence-electron chi connectivity index (χ1n) is 14.0. The molecule has 7 nitrogen and oxygen atoms in total. The lowest BCUT2D eigenvalue weighted by molar-refractivity contribution is -0.140. The van der Waals surface area contributed by atoms with Crippen LogP contribution in [-0.4, -0.2) is 43.8 Å². The predicted octanol–water partition coefficient (Wildman–Crippen LogP) is 5.36. The van der Waals surface area contributed by atoms with E-state index in [1.165, 1.54) is 17.0 Å². The molecule has 0 heterocycles. The molecule has 2 amide bonds. The highest BCUT2D eigenvalue weighted by Gasteiger charge is 2.34. The molecule has 1 N–H and O–H groups in total. The van der Waals surface area contributed by atoms with Gasteiger partial charge in [0.05, 0.1) is 10.6 Å². The Balaban J connectivity index is 1.78. The highest BCUT2D eigenvalue weighted by atomic mass is 32.2. The third-order valence-electron chi connectivity index (χ3n) is 6.79. The first kappa shape index (κ1) is 30.5. The number of rotatable bonds is 12. The van der Waals surface area contributed by atoms with E-state index >= 15 is 0 Å². The van der Waals surface area contributed by atoms with E-state index in [0.29, 0.717) is 5.69 Å². The Bertz CT molecular complexity index is 1580. The molecule has 1 atom stereocenters. The van der Waals surface area contributed by atoms with Crippen LogP contribution in [0.2, 0.25) is 0 Å². The van der Waals surface area contributed by atoms with Gasteiger partial charge in [-0.2, -0.15) is 0 Å². The average Bonchev–Trinajstić information content (AvgIpc) is 2.98. The lowest BCUT2D eigenvalue weighted by atomic mass is 10.0. The van der Waals surface area contributed by atoms with Gasteiger partial charge >= 0.3 is 0 Å². The van der Waals surface area contributed by atoms with E-state index in [1.54, 1.807) is 48.5 Å². The van der Waals surface area contributed by atoms with Crippen molar-refractivity contribution in [1.29, 1.82) is 0 Å². The zero-order valence-corrected chi connectivity index (χ0v) is 25.0. The zero-order chi connectivity index (χ0) is 30.1. The molecule has 4 rings (SSSR count). The molecule has 0 spiro atoms. The second-order valence-electron chi connectivity index (χ2n) is 10.5. The molecule has 0 aliphatic carbocycles. The van der Waals surface area contributed by atoms with Gasteiger partial charge in [-0.25, -0.2) is 8.42 Å². The SMILES string of the molecule is Cc1cccc(CN(C(=O)CN(c2ccccc2)S(=O)(=O)c2ccccc2)[C@H](Cc2ccccc2)C(=O)NC(C)C)c1. The molecule has 0 unspecified atom stereocenters. The average molecular weight is 584 g/mol. The van der Waals surface area contributed by atoms with Crippen LogP contribution in [-0.2, 0) is 32.6 Å². The number of benzene rings is 4. The van der Waals surface area contributed by atoms with Crippen molar-refractivity contribution in [2.75, 3.05) is 10.8 Å². The molecule has 4 aromatic rings. The molecule has 218 valence electrons. The summed E-state index contributed by atoms with van der Waals surface area (Å²) in [5.74, 6) is -0.785. The number of hydrogen-bond donors (Lipinski definition) is 1. The van der Waals surface area contributed by atoms with Crippen molar-refractivity contribution >= 4 is 27.5 Å². The van der Waals surface area contributed by atoms with Crippen LogP contribution in [0.1, 0.15) is 30.5 Å². The smallest absolute Gasteiger partial charge is 0.264 e. The molecule has 42 heavy (non-hydrogen) atoms.